The highest BCUT2D eigenvalue weighted by Gasteiger charge is 2.20. The monoisotopic (exact) mass is 352 g/mol. The van der Waals surface area contributed by atoms with E-state index in [1.54, 1.807) is 32.4 Å². The fraction of sp³-hybridized carbons (Fsp3) is 0.227. The lowest BCUT2D eigenvalue weighted by Crippen LogP contribution is -2.12. The number of hydrogen-bond donors (Lipinski definition) is 0. The van der Waals surface area contributed by atoms with E-state index in [2.05, 4.69) is 0 Å². The highest BCUT2D eigenvalue weighted by Crippen LogP contribution is 2.31. The third kappa shape index (κ3) is 4.02. The van der Waals surface area contributed by atoms with Gasteiger partial charge in [0.15, 0.2) is 17.3 Å². The number of rotatable bonds is 4. The molecule has 1 aliphatic rings. The van der Waals surface area contributed by atoms with E-state index in [1.807, 2.05) is 24.3 Å². The van der Waals surface area contributed by atoms with E-state index in [1.165, 1.54) is 12.1 Å². The summed E-state index contributed by atoms with van der Waals surface area (Å²) in [5, 5.41) is 0. The van der Waals surface area contributed by atoms with Crippen LogP contribution in [0.3, 0.4) is 0 Å². The molecule has 26 heavy (non-hydrogen) atoms. The predicted octanol–water partition coefficient (Wildman–Crippen LogP) is 5.06. The van der Waals surface area contributed by atoms with E-state index in [9.17, 15) is 9.18 Å². The average molecular weight is 352 g/mol. The third-order valence-electron chi connectivity index (χ3n) is 4.41. The molecule has 3 rings (SSSR count). The number of Topliss-reactive ketones (excluding diaryl/α,β-unsaturated/α-hetero) is 1. The minimum Gasteiger partial charge on any atom is -0.493 e. The lowest BCUT2D eigenvalue weighted by molar-refractivity contribution is -0.112. The Morgan fingerprint density at radius 1 is 0.885 bits per heavy atom. The number of ketones is 1. The molecule has 1 fully saturated rings. The zero-order chi connectivity index (χ0) is 18.5. The predicted molar refractivity (Wildman–Crippen MR) is 101 cm³/mol. The van der Waals surface area contributed by atoms with Crippen LogP contribution in [0.4, 0.5) is 4.39 Å². The molecule has 0 N–H and O–H groups in total. The first-order chi connectivity index (χ1) is 12.6. The summed E-state index contributed by atoms with van der Waals surface area (Å²) in [7, 11) is 3.17. The lowest BCUT2D eigenvalue weighted by Gasteiger charge is -2.17. The van der Waals surface area contributed by atoms with Crippen molar-refractivity contribution in [1.29, 1.82) is 0 Å². The minimum atomic E-state index is -0.302. The van der Waals surface area contributed by atoms with Crippen LogP contribution >= 0.6 is 0 Å². The van der Waals surface area contributed by atoms with Gasteiger partial charge in [0.25, 0.3) is 0 Å². The number of carbonyl (C=O) groups excluding carboxylic acids is 1. The molecule has 3 nitrogen and oxygen atoms in total. The first-order valence-electron chi connectivity index (χ1n) is 8.54. The number of carbonyl (C=O) groups is 1. The van der Waals surface area contributed by atoms with E-state index in [-0.39, 0.29) is 11.6 Å². The molecule has 0 saturated heterocycles. The van der Waals surface area contributed by atoms with Crippen molar-refractivity contribution in [2.75, 3.05) is 14.2 Å². The van der Waals surface area contributed by atoms with Crippen molar-refractivity contribution in [2.24, 2.45) is 0 Å². The fourth-order valence-electron chi connectivity index (χ4n) is 3.12. The van der Waals surface area contributed by atoms with E-state index in [0.29, 0.717) is 29.1 Å². The molecule has 1 aliphatic carbocycles. The van der Waals surface area contributed by atoms with E-state index in [4.69, 9.17) is 9.47 Å². The first-order valence-corrected chi connectivity index (χ1v) is 8.54. The molecule has 0 unspecified atom stereocenters. The van der Waals surface area contributed by atoms with E-state index in [0.717, 1.165) is 24.0 Å². The zero-order valence-corrected chi connectivity index (χ0v) is 14.9. The molecule has 0 bridgehead atoms. The third-order valence-corrected chi connectivity index (χ3v) is 4.41. The van der Waals surface area contributed by atoms with Gasteiger partial charge in [0.05, 0.1) is 14.2 Å². The van der Waals surface area contributed by atoms with Crippen LogP contribution in [0.25, 0.3) is 12.2 Å². The van der Waals surface area contributed by atoms with Gasteiger partial charge in [-0.05, 0) is 66.8 Å². The topological polar surface area (TPSA) is 35.5 Å². The highest BCUT2D eigenvalue weighted by molar-refractivity contribution is 6.13. The second-order valence-electron chi connectivity index (χ2n) is 6.19. The Hall–Kier alpha value is -2.88. The van der Waals surface area contributed by atoms with Crippen molar-refractivity contribution in [3.05, 3.63) is 70.6 Å². The smallest absolute Gasteiger partial charge is 0.185 e. The molecular formula is C22H21FO3. The van der Waals surface area contributed by atoms with Crippen LogP contribution in [-0.2, 0) is 4.79 Å². The largest absolute Gasteiger partial charge is 0.493 e. The second-order valence-corrected chi connectivity index (χ2v) is 6.19. The number of halogens is 1. The van der Waals surface area contributed by atoms with Crippen LogP contribution in [0.1, 0.15) is 30.4 Å². The lowest BCUT2D eigenvalue weighted by atomic mass is 9.87. The Labute approximate surface area is 152 Å². The summed E-state index contributed by atoms with van der Waals surface area (Å²) in [5.74, 6) is 0.996. The summed E-state index contributed by atoms with van der Waals surface area (Å²) in [4.78, 5) is 12.8. The molecule has 0 spiro atoms. The van der Waals surface area contributed by atoms with Gasteiger partial charge in [-0.25, -0.2) is 4.39 Å². The SMILES string of the molecule is COc1ccc(/C=C2\CCC/C(=C\c3cccc(F)c3)C2=O)cc1OC. The summed E-state index contributed by atoms with van der Waals surface area (Å²) in [6, 6.07) is 11.8. The first kappa shape index (κ1) is 17.9. The maximum Gasteiger partial charge on any atom is 0.185 e. The molecule has 0 aromatic heterocycles. The minimum absolute atomic E-state index is 0.0234. The summed E-state index contributed by atoms with van der Waals surface area (Å²) in [6.45, 7) is 0. The van der Waals surface area contributed by atoms with Gasteiger partial charge in [-0.3, -0.25) is 4.79 Å². The van der Waals surface area contributed by atoms with Gasteiger partial charge in [0, 0.05) is 11.1 Å². The van der Waals surface area contributed by atoms with E-state index < -0.39 is 0 Å². The van der Waals surface area contributed by atoms with E-state index >= 15 is 0 Å². The van der Waals surface area contributed by atoms with Crippen molar-refractivity contribution >= 4 is 17.9 Å². The number of allylic oxidation sites excluding steroid dienone is 2. The Kier molecular flexibility index (Phi) is 5.52. The molecule has 0 heterocycles. The maximum atomic E-state index is 13.4. The Morgan fingerprint density at radius 2 is 1.54 bits per heavy atom. The summed E-state index contributed by atoms with van der Waals surface area (Å²) in [5.41, 5.74) is 3.07. The van der Waals surface area contributed by atoms with Crippen LogP contribution in [0.15, 0.2) is 53.6 Å². The summed E-state index contributed by atoms with van der Waals surface area (Å²) < 4.78 is 23.9. The van der Waals surface area contributed by atoms with Crippen molar-refractivity contribution in [2.45, 2.75) is 19.3 Å². The fourth-order valence-corrected chi connectivity index (χ4v) is 3.12. The number of ether oxygens (including phenoxy) is 2. The molecule has 0 aliphatic heterocycles. The van der Waals surface area contributed by atoms with Crippen molar-refractivity contribution < 1.29 is 18.7 Å². The summed E-state index contributed by atoms with van der Waals surface area (Å²) >= 11 is 0. The van der Waals surface area contributed by atoms with Gasteiger partial charge in [0.2, 0.25) is 0 Å². The number of benzene rings is 2. The van der Waals surface area contributed by atoms with Gasteiger partial charge < -0.3 is 9.47 Å². The Morgan fingerprint density at radius 3 is 2.15 bits per heavy atom. The molecule has 1 saturated carbocycles. The molecule has 0 atom stereocenters. The van der Waals surface area contributed by atoms with Crippen molar-refractivity contribution in [3.8, 4) is 11.5 Å². The molecule has 0 radical (unpaired) electrons. The van der Waals surface area contributed by atoms with Crippen molar-refractivity contribution in [3.63, 3.8) is 0 Å². The van der Waals surface area contributed by atoms with Gasteiger partial charge in [0.1, 0.15) is 5.82 Å². The van der Waals surface area contributed by atoms with Crippen LogP contribution in [0.5, 0.6) is 11.5 Å². The molecule has 4 heteroatoms. The Balaban J connectivity index is 1.89. The molecule has 2 aromatic carbocycles. The van der Waals surface area contributed by atoms with Gasteiger partial charge in [-0.15, -0.1) is 0 Å². The van der Waals surface area contributed by atoms with Gasteiger partial charge in [-0.2, -0.15) is 0 Å². The second kappa shape index (κ2) is 8.00. The van der Waals surface area contributed by atoms with Gasteiger partial charge in [-0.1, -0.05) is 18.2 Å². The zero-order valence-electron chi connectivity index (χ0n) is 14.9. The van der Waals surface area contributed by atoms with Crippen molar-refractivity contribution in [1.82, 2.24) is 0 Å². The summed E-state index contributed by atoms with van der Waals surface area (Å²) in [6.07, 6.45) is 6.01. The van der Waals surface area contributed by atoms with Crippen LogP contribution in [0.2, 0.25) is 0 Å². The quantitative estimate of drug-likeness (QED) is 0.721. The normalized spacial score (nSPS) is 17.6. The molecule has 2 aromatic rings. The average Bonchev–Trinajstić information content (AvgIpc) is 2.65. The maximum absolute atomic E-state index is 13.4. The molecule has 134 valence electrons. The standard InChI is InChI=1S/C22H21FO3/c1-25-20-10-9-16(14-21(20)26-2)12-18-7-4-6-17(22(18)24)11-15-5-3-8-19(23)13-15/h3,5,8-14H,4,6-7H2,1-2H3/b17-11+,18-12+. The van der Waals surface area contributed by atoms with Gasteiger partial charge >= 0.3 is 0 Å². The number of hydrogen-bond acceptors (Lipinski definition) is 3. The van der Waals surface area contributed by atoms with Crippen LogP contribution in [0, 0.1) is 5.82 Å². The van der Waals surface area contributed by atoms with Crippen LogP contribution in [-0.4, -0.2) is 20.0 Å². The molecular weight excluding hydrogens is 331 g/mol. The highest BCUT2D eigenvalue weighted by atomic mass is 19.1. The Bertz CT molecular complexity index is 881. The molecule has 0 amide bonds. The van der Waals surface area contributed by atoms with Crippen LogP contribution < -0.4 is 9.47 Å². The number of methoxy groups -OCH3 is 2.